The van der Waals surface area contributed by atoms with Gasteiger partial charge >= 0.3 is 0 Å². The maximum atomic E-state index is 13.3. The van der Waals surface area contributed by atoms with Crippen molar-refractivity contribution in [2.75, 3.05) is 0 Å². The molecule has 1 aromatic heterocycles. The van der Waals surface area contributed by atoms with Crippen LogP contribution in [-0.4, -0.2) is 33.6 Å². The third kappa shape index (κ3) is 2.67. The lowest BCUT2D eigenvalue weighted by molar-refractivity contribution is -0.136. The van der Waals surface area contributed by atoms with Crippen LogP contribution in [0, 0.1) is 5.95 Å². The minimum absolute atomic E-state index is 0.220. The summed E-state index contributed by atoms with van der Waals surface area (Å²) >= 11 is 0. The Kier molecular flexibility index (Phi) is 3.56. The van der Waals surface area contributed by atoms with Crippen LogP contribution < -0.4 is 5.32 Å². The number of nitrogens with one attached hydrogen (secondary N) is 1. The third-order valence-electron chi connectivity index (χ3n) is 4.58. The number of rotatable bonds is 2. The fourth-order valence-corrected chi connectivity index (χ4v) is 3.34. The molecule has 7 heteroatoms. The number of halogens is 1. The summed E-state index contributed by atoms with van der Waals surface area (Å²) in [5, 5.41) is 2.28. The SMILES string of the molecule is O=C1CCC(N2Cc3cc(-c4ccnc(F)c4)ccc3C2=O)C(=O)N1. The molecule has 2 aromatic rings. The normalized spacial score (nSPS) is 19.8. The van der Waals surface area contributed by atoms with Crippen molar-refractivity contribution in [3.05, 3.63) is 53.6 Å². The Morgan fingerprint density at radius 2 is 1.92 bits per heavy atom. The summed E-state index contributed by atoms with van der Waals surface area (Å²) in [6, 6.07) is 7.65. The van der Waals surface area contributed by atoms with Gasteiger partial charge in [0.05, 0.1) is 0 Å². The lowest BCUT2D eigenvalue weighted by atomic mass is 10.0. The van der Waals surface area contributed by atoms with Crippen molar-refractivity contribution < 1.29 is 18.8 Å². The highest BCUT2D eigenvalue weighted by molar-refractivity contribution is 6.05. The standard InChI is InChI=1S/C18H14FN3O3/c19-15-8-11(5-6-20-15)10-1-2-13-12(7-10)9-22(18(13)25)14-3-4-16(23)21-17(14)24/h1-2,5-8,14H,3-4,9H2,(H,21,23,24). The summed E-state index contributed by atoms with van der Waals surface area (Å²) in [4.78, 5) is 41.0. The number of carbonyl (C=O) groups excluding carboxylic acids is 3. The highest BCUT2D eigenvalue weighted by Crippen LogP contribution is 2.31. The second kappa shape index (κ2) is 5.77. The predicted octanol–water partition coefficient (Wildman–Crippen LogP) is 1.65. The molecule has 2 aliphatic heterocycles. The first kappa shape index (κ1) is 15.4. The number of aromatic nitrogens is 1. The number of imide groups is 1. The van der Waals surface area contributed by atoms with Crippen LogP contribution in [0.2, 0.25) is 0 Å². The van der Waals surface area contributed by atoms with Crippen LogP contribution in [-0.2, 0) is 16.1 Å². The molecule has 3 amide bonds. The average molecular weight is 339 g/mol. The summed E-state index contributed by atoms with van der Waals surface area (Å²) in [5.41, 5.74) is 2.76. The predicted molar refractivity (Wildman–Crippen MR) is 85.7 cm³/mol. The third-order valence-corrected chi connectivity index (χ3v) is 4.58. The Morgan fingerprint density at radius 1 is 1.12 bits per heavy atom. The maximum absolute atomic E-state index is 13.3. The molecule has 3 heterocycles. The molecular formula is C18H14FN3O3. The fraction of sp³-hybridized carbons (Fsp3) is 0.222. The van der Waals surface area contributed by atoms with E-state index in [1.54, 1.807) is 18.2 Å². The Hall–Kier alpha value is -3.09. The minimum atomic E-state index is -0.639. The van der Waals surface area contributed by atoms with Gasteiger partial charge in [-0.05, 0) is 41.3 Å². The van der Waals surface area contributed by atoms with Crippen molar-refractivity contribution in [2.24, 2.45) is 0 Å². The van der Waals surface area contributed by atoms with Crippen molar-refractivity contribution in [1.82, 2.24) is 15.2 Å². The monoisotopic (exact) mass is 339 g/mol. The Morgan fingerprint density at radius 3 is 2.68 bits per heavy atom. The molecule has 0 bridgehead atoms. The van der Waals surface area contributed by atoms with Gasteiger partial charge in [-0.2, -0.15) is 4.39 Å². The molecule has 25 heavy (non-hydrogen) atoms. The molecule has 0 spiro atoms. The molecule has 4 rings (SSSR count). The molecule has 0 radical (unpaired) electrons. The lowest BCUT2D eigenvalue weighted by Crippen LogP contribution is -2.52. The zero-order valence-electron chi connectivity index (χ0n) is 13.2. The quantitative estimate of drug-likeness (QED) is 0.666. The number of amides is 3. The molecule has 1 unspecified atom stereocenters. The summed E-state index contributed by atoms with van der Waals surface area (Å²) in [6.07, 6.45) is 1.93. The van der Waals surface area contributed by atoms with Gasteiger partial charge in [0.2, 0.25) is 17.8 Å². The topological polar surface area (TPSA) is 79.4 Å². The zero-order valence-corrected chi connectivity index (χ0v) is 13.2. The van der Waals surface area contributed by atoms with Gasteiger partial charge in [0, 0.05) is 30.8 Å². The van der Waals surface area contributed by atoms with Crippen LogP contribution in [0.4, 0.5) is 4.39 Å². The molecule has 126 valence electrons. The summed E-state index contributed by atoms with van der Waals surface area (Å²) < 4.78 is 13.3. The number of pyridine rings is 1. The van der Waals surface area contributed by atoms with E-state index in [2.05, 4.69) is 10.3 Å². The van der Waals surface area contributed by atoms with Gasteiger partial charge in [-0.25, -0.2) is 4.98 Å². The molecule has 1 fully saturated rings. The van der Waals surface area contributed by atoms with Gasteiger partial charge in [0.15, 0.2) is 0 Å². The van der Waals surface area contributed by atoms with Gasteiger partial charge in [-0.15, -0.1) is 0 Å². The maximum Gasteiger partial charge on any atom is 0.255 e. The van der Waals surface area contributed by atoms with Gasteiger partial charge in [-0.1, -0.05) is 6.07 Å². The van der Waals surface area contributed by atoms with Gasteiger partial charge < -0.3 is 4.90 Å². The number of benzene rings is 1. The van der Waals surface area contributed by atoms with E-state index in [1.165, 1.54) is 17.2 Å². The van der Waals surface area contributed by atoms with Crippen LogP contribution in [0.25, 0.3) is 11.1 Å². The summed E-state index contributed by atoms with van der Waals surface area (Å²) in [7, 11) is 0. The number of hydrogen-bond acceptors (Lipinski definition) is 4. The van der Waals surface area contributed by atoms with Crippen LogP contribution in [0.15, 0.2) is 36.5 Å². The highest BCUT2D eigenvalue weighted by Gasteiger charge is 2.39. The van der Waals surface area contributed by atoms with E-state index in [0.29, 0.717) is 24.1 Å². The fourth-order valence-electron chi connectivity index (χ4n) is 3.34. The number of fused-ring (bicyclic) bond motifs is 1. The first-order valence-electron chi connectivity index (χ1n) is 7.92. The van der Waals surface area contributed by atoms with E-state index in [-0.39, 0.29) is 18.2 Å². The minimum Gasteiger partial charge on any atom is -0.322 e. The van der Waals surface area contributed by atoms with Crippen molar-refractivity contribution in [3.63, 3.8) is 0 Å². The largest absolute Gasteiger partial charge is 0.322 e. The van der Waals surface area contributed by atoms with E-state index >= 15 is 0 Å². The molecule has 1 saturated heterocycles. The Labute approximate surface area is 142 Å². The van der Waals surface area contributed by atoms with Gasteiger partial charge in [0.25, 0.3) is 5.91 Å². The van der Waals surface area contributed by atoms with Crippen molar-refractivity contribution in [2.45, 2.75) is 25.4 Å². The molecule has 2 aliphatic rings. The summed E-state index contributed by atoms with van der Waals surface area (Å²) in [5.74, 6) is -1.54. The van der Waals surface area contributed by atoms with Crippen molar-refractivity contribution >= 4 is 17.7 Å². The second-order valence-electron chi connectivity index (χ2n) is 6.14. The van der Waals surface area contributed by atoms with Gasteiger partial charge in [0.1, 0.15) is 6.04 Å². The Balaban J connectivity index is 1.63. The Bertz CT molecular complexity index is 912. The first-order chi connectivity index (χ1) is 12.0. The number of nitrogens with zero attached hydrogens (tertiary/aromatic N) is 2. The van der Waals surface area contributed by atoms with Gasteiger partial charge in [-0.3, -0.25) is 19.7 Å². The molecule has 6 nitrogen and oxygen atoms in total. The van der Waals surface area contributed by atoms with E-state index in [9.17, 15) is 18.8 Å². The number of hydrogen-bond donors (Lipinski definition) is 1. The summed E-state index contributed by atoms with van der Waals surface area (Å²) in [6.45, 7) is 0.294. The highest BCUT2D eigenvalue weighted by atomic mass is 19.1. The molecular weight excluding hydrogens is 325 g/mol. The van der Waals surface area contributed by atoms with E-state index in [4.69, 9.17) is 0 Å². The van der Waals surface area contributed by atoms with E-state index in [0.717, 1.165) is 11.1 Å². The number of carbonyl (C=O) groups is 3. The molecule has 1 atom stereocenters. The second-order valence-corrected chi connectivity index (χ2v) is 6.14. The molecule has 0 saturated carbocycles. The van der Waals surface area contributed by atoms with Crippen LogP contribution in [0.3, 0.4) is 0 Å². The van der Waals surface area contributed by atoms with Crippen molar-refractivity contribution in [3.8, 4) is 11.1 Å². The zero-order chi connectivity index (χ0) is 17.6. The van der Waals surface area contributed by atoms with E-state index < -0.39 is 17.9 Å². The average Bonchev–Trinajstić information content (AvgIpc) is 2.91. The van der Waals surface area contributed by atoms with Crippen LogP contribution in [0.5, 0.6) is 0 Å². The lowest BCUT2D eigenvalue weighted by Gasteiger charge is -2.29. The van der Waals surface area contributed by atoms with Crippen molar-refractivity contribution in [1.29, 1.82) is 0 Å². The molecule has 1 aromatic carbocycles. The number of piperidine rings is 1. The molecule has 0 aliphatic carbocycles. The van der Waals surface area contributed by atoms with E-state index in [1.807, 2.05) is 6.07 Å². The first-order valence-corrected chi connectivity index (χ1v) is 7.92. The van der Waals surface area contributed by atoms with Crippen LogP contribution >= 0.6 is 0 Å². The van der Waals surface area contributed by atoms with Crippen LogP contribution in [0.1, 0.15) is 28.8 Å². The smallest absolute Gasteiger partial charge is 0.255 e. The molecule has 1 N–H and O–H groups in total.